The number of carbonyl (C=O) groups is 2. The van der Waals surface area contributed by atoms with Gasteiger partial charge in [-0.1, -0.05) is 0 Å². The lowest BCUT2D eigenvalue weighted by Gasteiger charge is -2.19. The van der Waals surface area contributed by atoms with Crippen molar-refractivity contribution >= 4 is 29.0 Å². The molecular weight excluding hydrogens is 480 g/mol. The highest BCUT2D eigenvalue weighted by molar-refractivity contribution is 7.17. The van der Waals surface area contributed by atoms with Crippen LogP contribution in [0, 0.1) is 0 Å². The lowest BCUT2D eigenvalue weighted by molar-refractivity contribution is -0.138. The van der Waals surface area contributed by atoms with Gasteiger partial charge >= 0.3 is 12.4 Å². The van der Waals surface area contributed by atoms with Gasteiger partial charge in [0.05, 0.1) is 16.0 Å². The van der Waals surface area contributed by atoms with E-state index in [1.54, 1.807) is 0 Å². The number of halogens is 6. The fourth-order valence-electron chi connectivity index (χ4n) is 2.39. The van der Waals surface area contributed by atoms with E-state index < -0.39 is 68.3 Å². The Balaban J connectivity index is 2.55. The van der Waals surface area contributed by atoms with Crippen LogP contribution in [0.25, 0.3) is 10.4 Å². The second-order valence-electron chi connectivity index (χ2n) is 7.58. The lowest BCUT2D eigenvalue weighted by Crippen LogP contribution is -2.38. The number of carbonyl (C=O) groups excluding carboxylic acids is 2. The number of aromatic nitrogens is 2. The number of nitrogens with one attached hydrogen (secondary N) is 2. The molecule has 5 N–H and O–H groups in total. The maximum Gasteiger partial charge on any atom is 0.417 e. The van der Waals surface area contributed by atoms with Crippen LogP contribution in [0.1, 0.15) is 46.6 Å². The number of alkyl halides is 6. The standard InChI is InChI=1S/C18H19F6N5O3S/c1-7(17(19,20)21)28-10-4-9(18(22,23)24)8(5-26-10)12-11(13(25)30)29-15(33-12)14(31)27-6-16(2,3)32/h4-5,7,32H,6H2,1-3H3,(H2,25,30)(H,26,28)(H,27,31)/t7-/m0/s1. The predicted molar refractivity (Wildman–Crippen MR) is 107 cm³/mol. The molecule has 2 aromatic rings. The lowest BCUT2D eigenvalue weighted by atomic mass is 10.1. The molecule has 15 heteroatoms. The third-order valence-electron chi connectivity index (χ3n) is 4.05. The fourth-order valence-corrected chi connectivity index (χ4v) is 3.40. The first-order chi connectivity index (χ1) is 14.9. The normalized spacial score (nSPS) is 13.5. The van der Waals surface area contributed by atoms with Crippen LogP contribution in [-0.2, 0) is 6.18 Å². The summed E-state index contributed by atoms with van der Waals surface area (Å²) in [7, 11) is 0. The highest BCUT2D eigenvalue weighted by atomic mass is 32.1. The SMILES string of the molecule is C[C@H](Nc1cc(C(F)(F)F)c(-c2sc(C(=O)NCC(C)(C)O)nc2C(N)=O)cn1)C(F)(F)F. The fraction of sp³-hybridized carbons (Fsp3) is 0.444. The molecule has 0 aromatic carbocycles. The summed E-state index contributed by atoms with van der Waals surface area (Å²) in [6.45, 7) is 3.27. The van der Waals surface area contributed by atoms with Gasteiger partial charge in [0.1, 0.15) is 17.6 Å². The summed E-state index contributed by atoms with van der Waals surface area (Å²) >= 11 is 0.408. The number of nitrogens with zero attached hydrogens (tertiary/aromatic N) is 2. The number of hydrogen-bond donors (Lipinski definition) is 4. The minimum absolute atomic E-state index is 0.222. The van der Waals surface area contributed by atoms with Crippen molar-refractivity contribution < 1.29 is 41.0 Å². The van der Waals surface area contributed by atoms with Crippen molar-refractivity contribution in [3.05, 3.63) is 28.5 Å². The van der Waals surface area contributed by atoms with Gasteiger partial charge in [0.25, 0.3) is 11.8 Å². The van der Waals surface area contributed by atoms with Crippen LogP contribution in [-0.4, -0.2) is 51.3 Å². The summed E-state index contributed by atoms with van der Waals surface area (Å²) < 4.78 is 79.4. The monoisotopic (exact) mass is 499 g/mol. The van der Waals surface area contributed by atoms with Crippen LogP contribution < -0.4 is 16.4 Å². The van der Waals surface area contributed by atoms with Gasteiger partial charge in [-0.3, -0.25) is 9.59 Å². The summed E-state index contributed by atoms with van der Waals surface area (Å²) in [5, 5.41) is 13.4. The third-order valence-corrected chi connectivity index (χ3v) is 5.13. The first-order valence-electron chi connectivity index (χ1n) is 9.12. The summed E-state index contributed by atoms with van der Waals surface area (Å²) in [5.74, 6) is -2.82. The Kier molecular flexibility index (Phi) is 7.28. The number of anilines is 1. The Hall–Kier alpha value is -2.94. The molecule has 0 aliphatic carbocycles. The highest BCUT2D eigenvalue weighted by Gasteiger charge is 2.39. The molecule has 0 saturated heterocycles. The molecule has 2 amide bonds. The largest absolute Gasteiger partial charge is 0.417 e. The van der Waals surface area contributed by atoms with E-state index >= 15 is 0 Å². The van der Waals surface area contributed by atoms with E-state index in [0.29, 0.717) is 30.5 Å². The van der Waals surface area contributed by atoms with E-state index in [4.69, 9.17) is 5.73 Å². The molecular formula is C18H19F6N5O3S. The zero-order chi connectivity index (χ0) is 25.4. The van der Waals surface area contributed by atoms with Crippen LogP contribution in [0.2, 0.25) is 0 Å². The molecule has 0 spiro atoms. The maximum absolute atomic E-state index is 13.7. The van der Waals surface area contributed by atoms with E-state index in [2.05, 4.69) is 15.3 Å². The molecule has 182 valence electrons. The molecule has 0 aliphatic heterocycles. The van der Waals surface area contributed by atoms with Crippen LogP contribution in [0.15, 0.2) is 12.3 Å². The summed E-state index contributed by atoms with van der Waals surface area (Å²) in [6, 6.07) is -1.83. The Labute approximate surface area is 187 Å². The van der Waals surface area contributed by atoms with Crippen LogP contribution in [0.4, 0.5) is 32.2 Å². The smallest absolute Gasteiger partial charge is 0.389 e. The van der Waals surface area contributed by atoms with Crippen molar-refractivity contribution in [2.75, 3.05) is 11.9 Å². The summed E-state index contributed by atoms with van der Waals surface area (Å²) in [4.78, 5) is 30.9. The van der Waals surface area contributed by atoms with E-state index in [0.717, 1.165) is 0 Å². The second kappa shape index (κ2) is 9.13. The Morgan fingerprint density at radius 3 is 2.30 bits per heavy atom. The van der Waals surface area contributed by atoms with Gasteiger partial charge in [-0.25, -0.2) is 9.97 Å². The van der Waals surface area contributed by atoms with Gasteiger partial charge in [-0.2, -0.15) is 26.3 Å². The average molecular weight is 499 g/mol. The van der Waals surface area contributed by atoms with Gasteiger partial charge < -0.3 is 21.5 Å². The molecule has 0 aliphatic rings. The number of thiazole rings is 1. The predicted octanol–water partition coefficient (Wildman–Crippen LogP) is 3.19. The minimum Gasteiger partial charge on any atom is -0.389 e. The van der Waals surface area contributed by atoms with Crippen LogP contribution in [0.3, 0.4) is 0 Å². The molecule has 0 fully saturated rings. The van der Waals surface area contributed by atoms with Crippen molar-refractivity contribution in [3.63, 3.8) is 0 Å². The molecule has 2 rings (SSSR count). The third kappa shape index (κ3) is 6.77. The molecule has 2 heterocycles. The molecule has 0 unspecified atom stereocenters. The first kappa shape index (κ1) is 26.3. The molecule has 8 nitrogen and oxygen atoms in total. The molecule has 0 radical (unpaired) electrons. The summed E-state index contributed by atoms with van der Waals surface area (Å²) in [6.07, 6.45) is -9.17. The molecule has 1 atom stereocenters. The van der Waals surface area contributed by atoms with E-state index in [-0.39, 0.29) is 6.54 Å². The topological polar surface area (TPSA) is 130 Å². The quantitative estimate of drug-likeness (QED) is 0.433. The van der Waals surface area contributed by atoms with Crippen LogP contribution in [0.5, 0.6) is 0 Å². The van der Waals surface area contributed by atoms with Gasteiger partial charge in [-0.15, -0.1) is 11.3 Å². The zero-order valence-corrected chi connectivity index (χ0v) is 18.2. The molecule has 33 heavy (non-hydrogen) atoms. The number of rotatable bonds is 7. The number of amides is 2. The first-order valence-corrected chi connectivity index (χ1v) is 9.94. The maximum atomic E-state index is 13.7. The Bertz CT molecular complexity index is 1050. The van der Waals surface area contributed by atoms with E-state index in [9.17, 15) is 41.0 Å². The van der Waals surface area contributed by atoms with Gasteiger partial charge in [0, 0.05) is 18.3 Å². The molecule has 0 saturated carbocycles. The molecule has 2 aromatic heterocycles. The molecule has 0 bridgehead atoms. The zero-order valence-electron chi connectivity index (χ0n) is 17.4. The number of hydrogen-bond acceptors (Lipinski definition) is 7. The highest BCUT2D eigenvalue weighted by Crippen LogP contribution is 2.41. The number of primary amides is 1. The van der Waals surface area contributed by atoms with Crippen molar-refractivity contribution in [2.24, 2.45) is 5.73 Å². The van der Waals surface area contributed by atoms with E-state index in [1.807, 2.05) is 5.32 Å². The van der Waals surface area contributed by atoms with Crippen molar-refractivity contribution in [2.45, 2.75) is 44.8 Å². The van der Waals surface area contributed by atoms with Crippen molar-refractivity contribution in [1.82, 2.24) is 15.3 Å². The van der Waals surface area contributed by atoms with Gasteiger partial charge in [0.2, 0.25) is 0 Å². The van der Waals surface area contributed by atoms with Crippen molar-refractivity contribution in [1.29, 1.82) is 0 Å². The Morgan fingerprint density at radius 2 is 1.82 bits per heavy atom. The number of pyridine rings is 1. The second-order valence-corrected chi connectivity index (χ2v) is 8.58. The summed E-state index contributed by atoms with van der Waals surface area (Å²) in [5.41, 5.74) is 1.15. The number of aliphatic hydroxyl groups is 1. The minimum atomic E-state index is -5.06. The van der Waals surface area contributed by atoms with Crippen LogP contribution >= 0.6 is 11.3 Å². The average Bonchev–Trinajstić information content (AvgIpc) is 3.09. The van der Waals surface area contributed by atoms with E-state index in [1.165, 1.54) is 13.8 Å². The Morgan fingerprint density at radius 1 is 1.21 bits per heavy atom. The van der Waals surface area contributed by atoms with Gasteiger partial charge in [-0.05, 0) is 26.8 Å². The number of nitrogens with two attached hydrogens (primary N) is 1. The van der Waals surface area contributed by atoms with Crippen molar-refractivity contribution in [3.8, 4) is 10.4 Å². The van der Waals surface area contributed by atoms with Gasteiger partial charge in [0.15, 0.2) is 5.01 Å².